The molecular weight excluding hydrogens is 268 g/mol. The van der Waals surface area contributed by atoms with E-state index < -0.39 is 11.8 Å². The number of benzene rings is 1. The van der Waals surface area contributed by atoms with Crippen molar-refractivity contribution in [2.75, 3.05) is 13.2 Å². The van der Waals surface area contributed by atoms with Crippen molar-refractivity contribution in [2.24, 2.45) is 0 Å². The molecule has 0 bridgehead atoms. The Kier molecular flexibility index (Phi) is 6.72. The fourth-order valence-electron chi connectivity index (χ4n) is 1.95. The van der Waals surface area contributed by atoms with E-state index in [-0.39, 0.29) is 6.04 Å². The van der Waals surface area contributed by atoms with Crippen LogP contribution in [0.25, 0.3) is 0 Å². The standard InChI is InChI=1S/C16H24N2O3/c1-5-9-17-15(19)16(20)18-12(4)13-10-11(3)7-8-14(13)21-6-2/h7-8,10,12H,5-6,9H2,1-4H3,(H,17,19)(H,18,20). The Balaban J connectivity index is 2.78. The smallest absolute Gasteiger partial charge is 0.309 e. The van der Waals surface area contributed by atoms with E-state index in [9.17, 15) is 9.59 Å². The molecule has 0 aliphatic heterocycles. The Labute approximate surface area is 126 Å². The van der Waals surface area contributed by atoms with Gasteiger partial charge in [0.15, 0.2) is 0 Å². The second-order valence-corrected chi connectivity index (χ2v) is 4.93. The Morgan fingerprint density at radius 1 is 1.24 bits per heavy atom. The predicted molar refractivity (Wildman–Crippen MR) is 82.2 cm³/mol. The number of ether oxygens (including phenoxy) is 1. The van der Waals surface area contributed by atoms with Gasteiger partial charge in [-0.1, -0.05) is 24.6 Å². The lowest BCUT2D eigenvalue weighted by Crippen LogP contribution is -2.41. The summed E-state index contributed by atoms with van der Waals surface area (Å²) in [4.78, 5) is 23.4. The number of carbonyl (C=O) groups is 2. The van der Waals surface area contributed by atoms with Crippen LogP contribution in [-0.2, 0) is 9.59 Å². The highest BCUT2D eigenvalue weighted by atomic mass is 16.5. The summed E-state index contributed by atoms with van der Waals surface area (Å²) in [5.41, 5.74) is 1.94. The van der Waals surface area contributed by atoms with E-state index >= 15 is 0 Å². The minimum absolute atomic E-state index is 0.300. The molecule has 0 spiro atoms. The zero-order valence-electron chi connectivity index (χ0n) is 13.2. The third kappa shape index (κ3) is 5.10. The average molecular weight is 292 g/mol. The molecule has 0 radical (unpaired) electrons. The lowest BCUT2D eigenvalue weighted by Gasteiger charge is -2.18. The summed E-state index contributed by atoms with van der Waals surface area (Å²) in [5, 5.41) is 5.26. The molecule has 0 aliphatic rings. The predicted octanol–water partition coefficient (Wildman–Crippen LogP) is 2.10. The first-order chi connectivity index (χ1) is 9.99. The minimum Gasteiger partial charge on any atom is -0.494 e. The lowest BCUT2D eigenvalue weighted by atomic mass is 10.0. The normalized spacial score (nSPS) is 11.6. The lowest BCUT2D eigenvalue weighted by molar-refractivity contribution is -0.139. The summed E-state index contributed by atoms with van der Waals surface area (Å²) in [6, 6.07) is 5.50. The highest BCUT2D eigenvalue weighted by Crippen LogP contribution is 2.26. The molecule has 5 heteroatoms. The summed E-state index contributed by atoms with van der Waals surface area (Å²) in [6.45, 7) is 8.69. The molecule has 2 amide bonds. The largest absolute Gasteiger partial charge is 0.494 e. The van der Waals surface area contributed by atoms with Crippen LogP contribution in [0.15, 0.2) is 18.2 Å². The molecule has 0 aromatic heterocycles. The van der Waals surface area contributed by atoms with E-state index in [1.807, 2.05) is 45.9 Å². The van der Waals surface area contributed by atoms with Crippen molar-refractivity contribution in [3.63, 3.8) is 0 Å². The van der Waals surface area contributed by atoms with Gasteiger partial charge >= 0.3 is 11.8 Å². The van der Waals surface area contributed by atoms with Crippen molar-refractivity contribution in [3.8, 4) is 5.75 Å². The molecular formula is C16H24N2O3. The monoisotopic (exact) mass is 292 g/mol. The van der Waals surface area contributed by atoms with Gasteiger partial charge in [0.25, 0.3) is 0 Å². The third-order valence-electron chi connectivity index (χ3n) is 3.02. The first kappa shape index (κ1) is 17.0. The van der Waals surface area contributed by atoms with E-state index in [0.29, 0.717) is 13.2 Å². The van der Waals surface area contributed by atoms with Gasteiger partial charge in [-0.05, 0) is 33.3 Å². The van der Waals surface area contributed by atoms with Crippen molar-refractivity contribution < 1.29 is 14.3 Å². The second-order valence-electron chi connectivity index (χ2n) is 4.93. The van der Waals surface area contributed by atoms with Crippen molar-refractivity contribution in [1.29, 1.82) is 0 Å². The van der Waals surface area contributed by atoms with Crippen LogP contribution >= 0.6 is 0 Å². The second kappa shape index (κ2) is 8.29. The molecule has 0 heterocycles. The molecule has 21 heavy (non-hydrogen) atoms. The van der Waals surface area contributed by atoms with Crippen LogP contribution in [0.5, 0.6) is 5.75 Å². The third-order valence-corrected chi connectivity index (χ3v) is 3.02. The van der Waals surface area contributed by atoms with Crippen LogP contribution in [0, 0.1) is 6.92 Å². The molecule has 116 valence electrons. The van der Waals surface area contributed by atoms with Gasteiger partial charge in [0, 0.05) is 12.1 Å². The molecule has 1 rings (SSSR count). The van der Waals surface area contributed by atoms with E-state index in [1.54, 1.807) is 0 Å². The SMILES string of the molecule is CCCNC(=O)C(=O)NC(C)c1cc(C)ccc1OCC. The number of hydrogen-bond donors (Lipinski definition) is 2. The first-order valence-corrected chi connectivity index (χ1v) is 7.31. The molecule has 0 aliphatic carbocycles. The number of hydrogen-bond acceptors (Lipinski definition) is 3. The Hall–Kier alpha value is -2.04. The fraction of sp³-hybridized carbons (Fsp3) is 0.500. The molecule has 1 atom stereocenters. The fourth-order valence-corrected chi connectivity index (χ4v) is 1.95. The summed E-state index contributed by atoms with van der Waals surface area (Å²) in [5.74, 6) is -0.501. The van der Waals surface area contributed by atoms with Crippen molar-refractivity contribution in [1.82, 2.24) is 10.6 Å². The molecule has 2 N–H and O–H groups in total. The van der Waals surface area contributed by atoms with Gasteiger partial charge < -0.3 is 15.4 Å². The van der Waals surface area contributed by atoms with Gasteiger partial charge in [-0.2, -0.15) is 0 Å². The van der Waals surface area contributed by atoms with Crippen LogP contribution in [0.3, 0.4) is 0 Å². The van der Waals surface area contributed by atoms with Crippen LogP contribution in [0.2, 0.25) is 0 Å². The zero-order valence-corrected chi connectivity index (χ0v) is 13.2. The summed E-state index contributed by atoms with van der Waals surface area (Å²) >= 11 is 0. The van der Waals surface area contributed by atoms with E-state index in [0.717, 1.165) is 23.3 Å². The highest BCUT2D eigenvalue weighted by Gasteiger charge is 2.19. The maximum absolute atomic E-state index is 11.8. The molecule has 1 aromatic carbocycles. The quantitative estimate of drug-likeness (QED) is 0.789. The molecule has 0 saturated carbocycles. The number of rotatable bonds is 6. The Morgan fingerprint density at radius 3 is 2.57 bits per heavy atom. The van der Waals surface area contributed by atoms with Crippen LogP contribution in [0.4, 0.5) is 0 Å². The number of amides is 2. The number of nitrogens with one attached hydrogen (secondary N) is 2. The zero-order chi connectivity index (χ0) is 15.8. The minimum atomic E-state index is -0.625. The van der Waals surface area contributed by atoms with Crippen LogP contribution in [0.1, 0.15) is 44.4 Å². The number of aryl methyl sites for hydroxylation is 1. The Bertz CT molecular complexity index is 500. The van der Waals surface area contributed by atoms with Gasteiger partial charge in [-0.15, -0.1) is 0 Å². The summed E-state index contributed by atoms with van der Waals surface area (Å²) < 4.78 is 5.57. The first-order valence-electron chi connectivity index (χ1n) is 7.31. The summed E-state index contributed by atoms with van der Waals surface area (Å²) in [7, 11) is 0. The molecule has 1 aromatic rings. The van der Waals surface area contributed by atoms with E-state index in [4.69, 9.17) is 4.74 Å². The highest BCUT2D eigenvalue weighted by molar-refractivity contribution is 6.35. The molecule has 0 saturated heterocycles. The molecule has 1 unspecified atom stereocenters. The van der Waals surface area contributed by atoms with E-state index in [1.165, 1.54) is 0 Å². The van der Waals surface area contributed by atoms with Gasteiger partial charge in [0.2, 0.25) is 0 Å². The van der Waals surface area contributed by atoms with Crippen molar-refractivity contribution in [3.05, 3.63) is 29.3 Å². The van der Waals surface area contributed by atoms with Gasteiger partial charge in [0.05, 0.1) is 12.6 Å². The average Bonchev–Trinajstić information content (AvgIpc) is 2.46. The maximum atomic E-state index is 11.8. The van der Waals surface area contributed by atoms with Gasteiger partial charge in [-0.3, -0.25) is 9.59 Å². The maximum Gasteiger partial charge on any atom is 0.309 e. The topological polar surface area (TPSA) is 67.4 Å². The van der Waals surface area contributed by atoms with Crippen LogP contribution in [-0.4, -0.2) is 25.0 Å². The van der Waals surface area contributed by atoms with E-state index in [2.05, 4.69) is 10.6 Å². The van der Waals surface area contributed by atoms with Gasteiger partial charge in [-0.25, -0.2) is 0 Å². The molecule has 5 nitrogen and oxygen atoms in total. The van der Waals surface area contributed by atoms with Crippen molar-refractivity contribution >= 4 is 11.8 Å². The van der Waals surface area contributed by atoms with Gasteiger partial charge in [0.1, 0.15) is 5.75 Å². The summed E-state index contributed by atoms with van der Waals surface area (Å²) in [6.07, 6.45) is 0.793. The Morgan fingerprint density at radius 2 is 1.95 bits per heavy atom. The van der Waals surface area contributed by atoms with Crippen molar-refractivity contribution in [2.45, 2.75) is 40.2 Å². The number of carbonyl (C=O) groups excluding carboxylic acids is 2. The molecule has 0 fully saturated rings. The van der Waals surface area contributed by atoms with Crippen LogP contribution < -0.4 is 15.4 Å².